The Morgan fingerprint density at radius 3 is 2.79 bits per heavy atom. The summed E-state index contributed by atoms with van der Waals surface area (Å²) >= 11 is 3.38. The van der Waals surface area contributed by atoms with Gasteiger partial charge in [-0.05, 0) is 24.6 Å². The normalized spacial score (nSPS) is 10.4. The molecule has 2 rings (SSSR count). The standard InChI is InChI=1S/C9H8BrN3O/c1-5-2-3-6(10)4-7(5)8-12-13-9(11)14-8/h2-4H,1H3,(H2,11,13). The Kier molecular flexibility index (Phi) is 2.25. The lowest BCUT2D eigenvalue weighted by Gasteiger charge is -2.00. The summed E-state index contributed by atoms with van der Waals surface area (Å²) in [7, 11) is 0. The van der Waals surface area contributed by atoms with E-state index in [-0.39, 0.29) is 6.01 Å². The minimum absolute atomic E-state index is 0.0828. The number of benzene rings is 1. The van der Waals surface area contributed by atoms with Crippen LogP contribution in [-0.4, -0.2) is 10.2 Å². The number of nitrogens with zero attached hydrogens (tertiary/aromatic N) is 2. The summed E-state index contributed by atoms with van der Waals surface area (Å²) in [5.74, 6) is 0.446. The van der Waals surface area contributed by atoms with Crippen molar-refractivity contribution in [1.29, 1.82) is 0 Å². The van der Waals surface area contributed by atoms with Gasteiger partial charge in [0.05, 0.1) is 0 Å². The van der Waals surface area contributed by atoms with Crippen molar-refractivity contribution in [2.24, 2.45) is 0 Å². The van der Waals surface area contributed by atoms with Gasteiger partial charge in [-0.25, -0.2) is 0 Å². The van der Waals surface area contributed by atoms with E-state index in [4.69, 9.17) is 10.2 Å². The molecule has 72 valence electrons. The summed E-state index contributed by atoms with van der Waals surface area (Å²) in [6.45, 7) is 1.97. The van der Waals surface area contributed by atoms with E-state index in [1.165, 1.54) is 0 Å². The first-order valence-electron chi connectivity index (χ1n) is 4.02. The highest BCUT2D eigenvalue weighted by Crippen LogP contribution is 2.25. The first-order chi connectivity index (χ1) is 6.66. The smallest absolute Gasteiger partial charge is 0.313 e. The molecule has 0 saturated carbocycles. The molecule has 0 bridgehead atoms. The molecule has 0 radical (unpaired) electrons. The van der Waals surface area contributed by atoms with Crippen LogP contribution in [0.15, 0.2) is 27.1 Å². The number of nitrogen functional groups attached to an aromatic ring is 1. The number of nitrogens with two attached hydrogens (primary N) is 1. The van der Waals surface area contributed by atoms with Gasteiger partial charge in [0, 0.05) is 10.0 Å². The van der Waals surface area contributed by atoms with Gasteiger partial charge in [-0.2, -0.15) is 0 Å². The Labute approximate surface area is 89.3 Å². The molecular weight excluding hydrogens is 246 g/mol. The summed E-state index contributed by atoms with van der Waals surface area (Å²) < 4.78 is 6.11. The highest BCUT2D eigenvalue weighted by Gasteiger charge is 2.09. The third kappa shape index (κ3) is 1.63. The van der Waals surface area contributed by atoms with E-state index in [0.717, 1.165) is 15.6 Å². The van der Waals surface area contributed by atoms with Crippen molar-refractivity contribution in [3.63, 3.8) is 0 Å². The maximum Gasteiger partial charge on any atom is 0.313 e. The lowest BCUT2D eigenvalue weighted by Crippen LogP contribution is -1.83. The second-order valence-corrected chi connectivity index (χ2v) is 3.82. The van der Waals surface area contributed by atoms with Gasteiger partial charge in [0.15, 0.2) is 0 Å². The molecule has 14 heavy (non-hydrogen) atoms. The minimum atomic E-state index is 0.0828. The van der Waals surface area contributed by atoms with Crippen molar-refractivity contribution in [3.8, 4) is 11.5 Å². The van der Waals surface area contributed by atoms with E-state index in [0.29, 0.717) is 5.89 Å². The number of aromatic nitrogens is 2. The van der Waals surface area contributed by atoms with E-state index in [1.54, 1.807) is 0 Å². The third-order valence-corrected chi connectivity index (χ3v) is 2.36. The molecule has 1 aromatic heterocycles. The largest absolute Gasteiger partial charge is 0.404 e. The highest BCUT2D eigenvalue weighted by atomic mass is 79.9. The van der Waals surface area contributed by atoms with Gasteiger partial charge in [0.1, 0.15) is 0 Å². The van der Waals surface area contributed by atoms with Crippen molar-refractivity contribution < 1.29 is 4.42 Å². The quantitative estimate of drug-likeness (QED) is 0.848. The fraction of sp³-hybridized carbons (Fsp3) is 0.111. The van der Waals surface area contributed by atoms with Crippen LogP contribution in [0.3, 0.4) is 0 Å². The molecule has 0 spiro atoms. The molecule has 4 nitrogen and oxygen atoms in total. The zero-order valence-corrected chi connectivity index (χ0v) is 9.08. The monoisotopic (exact) mass is 253 g/mol. The number of hydrogen-bond acceptors (Lipinski definition) is 4. The van der Waals surface area contributed by atoms with Crippen molar-refractivity contribution >= 4 is 21.9 Å². The van der Waals surface area contributed by atoms with Crippen LogP contribution in [0.1, 0.15) is 5.56 Å². The fourth-order valence-electron chi connectivity index (χ4n) is 1.17. The number of aryl methyl sites for hydroxylation is 1. The number of anilines is 1. The maximum absolute atomic E-state index is 5.35. The Balaban J connectivity index is 2.55. The van der Waals surface area contributed by atoms with Gasteiger partial charge in [0.25, 0.3) is 0 Å². The molecule has 0 aliphatic heterocycles. The van der Waals surface area contributed by atoms with Gasteiger partial charge < -0.3 is 10.2 Å². The Morgan fingerprint density at radius 1 is 1.36 bits per heavy atom. The van der Waals surface area contributed by atoms with E-state index >= 15 is 0 Å². The average molecular weight is 254 g/mol. The van der Waals surface area contributed by atoms with E-state index < -0.39 is 0 Å². The van der Waals surface area contributed by atoms with Crippen molar-refractivity contribution in [2.75, 3.05) is 5.73 Å². The predicted octanol–water partition coefficient (Wildman–Crippen LogP) is 2.39. The Morgan fingerprint density at radius 2 is 2.14 bits per heavy atom. The van der Waals surface area contributed by atoms with Crippen molar-refractivity contribution in [1.82, 2.24) is 10.2 Å². The van der Waals surface area contributed by atoms with Crippen LogP contribution in [0, 0.1) is 6.92 Å². The molecule has 5 heteroatoms. The van der Waals surface area contributed by atoms with Gasteiger partial charge in [-0.3, -0.25) is 0 Å². The molecule has 0 atom stereocenters. The average Bonchev–Trinajstić information content (AvgIpc) is 2.56. The molecule has 0 saturated heterocycles. The second-order valence-electron chi connectivity index (χ2n) is 2.90. The van der Waals surface area contributed by atoms with Crippen LogP contribution in [0.25, 0.3) is 11.5 Å². The maximum atomic E-state index is 5.35. The number of halogens is 1. The first kappa shape index (κ1) is 9.21. The molecule has 1 heterocycles. The lowest BCUT2D eigenvalue weighted by atomic mass is 10.1. The molecule has 2 N–H and O–H groups in total. The molecule has 2 aromatic rings. The van der Waals surface area contributed by atoms with Crippen molar-refractivity contribution in [3.05, 3.63) is 28.2 Å². The van der Waals surface area contributed by atoms with E-state index in [1.807, 2.05) is 25.1 Å². The van der Waals surface area contributed by atoms with E-state index in [9.17, 15) is 0 Å². The van der Waals surface area contributed by atoms with Gasteiger partial charge in [0.2, 0.25) is 5.89 Å². The molecule has 0 unspecified atom stereocenters. The van der Waals surface area contributed by atoms with Crippen LogP contribution in [0.5, 0.6) is 0 Å². The lowest BCUT2D eigenvalue weighted by molar-refractivity contribution is 0.590. The number of rotatable bonds is 1. The van der Waals surface area contributed by atoms with Crippen LogP contribution in [-0.2, 0) is 0 Å². The molecule has 0 amide bonds. The Hall–Kier alpha value is -1.36. The Bertz CT molecular complexity index is 467. The third-order valence-electron chi connectivity index (χ3n) is 1.87. The van der Waals surface area contributed by atoms with Crippen LogP contribution < -0.4 is 5.73 Å². The van der Waals surface area contributed by atoms with Crippen LogP contribution in [0.2, 0.25) is 0 Å². The minimum Gasteiger partial charge on any atom is -0.404 e. The zero-order valence-electron chi connectivity index (χ0n) is 7.49. The van der Waals surface area contributed by atoms with Gasteiger partial charge in [-0.1, -0.05) is 27.1 Å². The molecule has 0 aliphatic rings. The predicted molar refractivity (Wildman–Crippen MR) is 56.6 cm³/mol. The van der Waals surface area contributed by atoms with Crippen molar-refractivity contribution in [2.45, 2.75) is 6.92 Å². The summed E-state index contributed by atoms with van der Waals surface area (Å²) in [5.41, 5.74) is 7.31. The molecule has 1 aromatic carbocycles. The van der Waals surface area contributed by atoms with Crippen LogP contribution in [0.4, 0.5) is 6.01 Å². The number of hydrogen-bond donors (Lipinski definition) is 1. The fourth-order valence-corrected chi connectivity index (χ4v) is 1.53. The van der Waals surface area contributed by atoms with Gasteiger partial charge in [-0.15, -0.1) is 5.10 Å². The summed E-state index contributed by atoms with van der Waals surface area (Å²) in [6.07, 6.45) is 0. The van der Waals surface area contributed by atoms with Crippen LogP contribution >= 0.6 is 15.9 Å². The topological polar surface area (TPSA) is 64.9 Å². The summed E-state index contributed by atoms with van der Waals surface area (Å²) in [4.78, 5) is 0. The highest BCUT2D eigenvalue weighted by molar-refractivity contribution is 9.10. The molecule has 0 aliphatic carbocycles. The van der Waals surface area contributed by atoms with E-state index in [2.05, 4.69) is 26.1 Å². The summed E-state index contributed by atoms with van der Waals surface area (Å²) in [6, 6.07) is 5.93. The van der Waals surface area contributed by atoms with Gasteiger partial charge >= 0.3 is 6.01 Å². The SMILES string of the molecule is Cc1ccc(Br)cc1-c1nnc(N)o1. The molecule has 0 fully saturated rings. The second kappa shape index (κ2) is 3.42. The molecular formula is C9H8BrN3O. The zero-order chi connectivity index (χ0) is 10.1. The first-order valence-corrected chi connectivity index (χ1v) is 4.81. The summed E-state index contributed by atoms with van der Waals surface area (Å²) in [5, 5.41) is 7.44.